The molecule has 4 atom stereocenters. The van der Waals surface area contributed by atoms with E-state index in [0.29, 0.717) is 12.0 Å². The number of fused-ring (bicyclic) bond motifs is 2. The molecule has 1 aromatic rings. The summed E-state index contributed by atoms with van der Waals surface area (Å²) in [6.45, 7) is 8.08. The quantitative estimate of drug-likeness (QED) is 0.312. The summed E-state index contributed by atoms with van der Waals surface area (Å²) < 4.78 is 1.22. The van der Waals surface area contributed by atoms with Gasteiger partial charge in [-0.25, -0.2) is 0 Å². The van der Waals surface area contributed by atoms with Crippen molar-refractivity contribution in [2.75, 3.05) is 25.0 Å². The van der Waals surface area contributed by atoms with Gasteiger partial charge < -0.3 is 33.8 Å². The highest BCUT2D eigenvalue weighted by Crippen LogP contribution is 2.63. The molecule has 3 nitrogen and oxygen atoms in total. The number of quaternary nitrogens is 1. The predicted molar refractivity (Wildman–Crippen MR) is 100 cm³/mol. The molecule has 3 aliphatic heterocycles. The summed E-state index contributed by atoms with van der Waals surface area (Å²) in [5.74, 6) is 0.318. The number of allylic oxidation sites excluding steroid dienone is 2. The highest BCUT2D eigenvalue weighted by atomic mass is 127. The fraction of sp³-hybridized carbons (Fsp3) is 0.500. The maximum atomic E-state index is 12.2. The third-order valence-electron chi connectivity index (χ3n) is 7.53. The molecular weight excluding hydrogens is 435 g/mol. The van der Waals surface area contributed by atoms with Gasteiger partial charge in [-0.3, -0.25) is 4.79 Å². The number of benzene rings is 1. The monoisotopic (exact) mass is 462 g/mol. The van der Waals surface area contributed by atoms with Crippen LogP contribution in [0.1, 0.15) is 38.7 Å². The fourth-order valence-electron chi connectivity index (χ4n) is 6.68. The molecule has 26 heavy (non-hydrogen) atoms. The molecule has 0 amide bonds. The van der Waals surface area contributed by atoms with Crippen LogP contribution in [0.5, 0.6) is 0 Å². The van der Waals surface area contributed by atoms with E-state index < -0.39 is 0 Å². The molecule has 4 aliphatic rings. The zero-order valence-electron chi connectivity index (χ0n) is 15.6. The van der Waals surface area contributed by atoms with Crippen LogP contribution in [0, 0.1) is 5.92 Å². The van der Waals surface area contributed by atoms with Gasteiger partial charge in [-0.05, 0) is 30.5 Å². The Balaban J connectivity index is 0.00000168. The van der Waals surface area contributed by atoms with Crippen LogP contribution in [0.15, 0.2) is 47.2 Å². The van der Waals surface area contributed by atoms with Crippen molar-refractivity contribution in [2.45, 2.75) is 44.6 Å². The summed E-state index contributed by atoms with van der Waals surface area (Å²) in [5.41, 5.74) is 6.44. The first-order valence-electron chi connectivity index (χ1n) is 9.77. The summed E-state index contributed by atoms with van der Waals surface area (Å²) in [6, 6.07) is 9.36. The lowest BCUT2D eigenvalue weighted by atomic mass is 9.61. The molecule has 1 aliphatic carbocycles. The number of nitrogens with zero attached hydrogens (tertiary/aromatic N) is 1. The number of hydrogen-bond acceptors (Lipinski definition) is 2. The van der Waals surface area contributed by atoms with Crippen molar-refractivity contribution in [1.82, 2.24) is 0 Å². The Kier molecular flexibility index (Phi) is 4.35. The van der Waals surface area contributed by atoms with Gasteiger partial charge in [-0.1, -0.05) is 31.2 Å². The summed E-state index contributed by atoms with van der Waals surface area (Å²) in [6.07, 6.45) is 6.96. The fourth-order valence-corrected chi connectivity index (χ4v) is 6.68. The van der Waals surface area contributed by atoms with Gasteiger partial charge in [0.15, 0.2) is 0 Å². The van der Waals surface area contributed by atoms with Crippen LogP contribution >= 0.6 is 0 Å². The van der Waals surface area contributed by atoms with Gasteiger partial charge in [0, 0.05) is 35.7 Å². The van der Waals surface area contributed by atoms with Gasteiger partial charge in [0.25, 0.3) is 0 Å². The van der Waals surface area contributed by atoms with Crippen LogP contribution in [0.4, 0.5) is 5.69 Å². The van der Waals surface area contributed by atoms with Crippen LogP contribution in [0.2, 0.25) is 0 Å². The van der Waals surface area contributed by atoms with Gasteiger partial charge in [-0.15, -0.1) is 0 Å². The normalized spacial score (nSPS) is 37.7. The van der Waals surface area contributed by atoms with E-state index in [2.05, 4.69) is 49.5 Å². The van der Waals surface area contributed by atoms with Gasteiger partial charge in [-0.2, -0.15) is 0 Å². The Hall–Kier alpha value is -1.14. The molecule has 138 valence electrons. The van der Waals surface area contributed by atoms with E-state index >= 15 is 0 Å². The molecule has 2 bridgehead atoms. The molecule has 1 aromatic carbocycles. The van der Waals surface area contributed by atoms with Crippen molar-refractivity contribution in [1.29, 1.82) is 0 Å². The first kappa shape index (κ1) is 18.2. The minimum Gasteiger partial charge on any atom is -1.00 e. The molecule has 3 heterocycles. The van der Waals surface area contributed by atoms with Crippen LogP contribution in [0.25, 0.3) is 0 Å². The third kappa shape index (κ3) is 2.00. The largest absolute Gasteiger partial charge is 1.00 e. The van der Waals surface area contributed by atoms with Crippen LogP contribution < -0.4 is 29.3 Å². The lowest BCUT2D eigenvalue weighted by Crippen LogP contribution is -3.00. The Labute approximate surface area is 173 Å². The average molecular weight is 462 g/mol. The Morgan fingerprint density at radius 3 is 2.88 bits per heavy atom. The lowest BCUT2D eigenvalue weighted by Gasteiger charge is -2.53. The van der Waals surface area contributed by atoms with E-state index in [0.717, 1.165) is 31.2 Å². The minimum absolute atomic E-state index is 0. The second-order valence-corrected chi connectivity index (χ2v) is 8.33. The first-order chi connectivity index (χ1) is 12.2. The molecule has 4 heteroatoms. The highest BCUT2D eigenvalue weighted by molar-refractivity contribution is 5.84. The van der Waals surface area contributed by atoms with E-state index in [9.17, 15) is 4.79 Å². The van der Waals surface area contributed by atoms with Crippen molar-refractivity contribution < 1.29 is 33.3 Å². The SMILES string of the molecule is CC=C1C[N+]2(CCC)CC[C@]34C(=C(C=O)[C@H]1C[C@@H]32)Nc1ccccc14.[I-]. The van der Waals surface area contributed by atoms with Crippen molar-refractivity contribution in [3.63, 3.8) is 0 Å². The van der Waals surface area contributed by atoms with Crippen molar-refractivity contribution in [2.24, 2.45) is 5.92 Å². The van der Waals surface area contributed by atoms with Gasteiger partial charge in [0.05, 0.1) is 18.5 Å². The van der Waals surface area contributed by atoms with E-state index in [1.807, 2.05) is 0 Å². The van der Waals surface area contributed by atoms with Gasteiger partial charge >= 0.3 is 0 Å². The Bertz CT molecular complexity index is 829. The molecule has 2 saturated heterocycles. The summed E-state index contributed by atoms with van der Waals surface area (Å²) in [5, 5.41) is 3.70. The molecule has 5 rings (SSSR count). The molecule has 2 fully saturated rings. The number of aldehydes is 1. The van der Waals surface area contributed by atoms with E-state index in [4.69, 9.17) is 0 Å². The van der Waals surface area contributed by atoms with Gasteiger partial charge in [0.1, 0.15) is 18.9 Å². The summed E-state index contributed by atoms with van der Waals surface area (Å²) in [7, 11) is 0. The number of para-hydroxylation sites is 1. The average Bonchev–Trinajstić information content (AvgIpc) is 3.16. The van der Waals surface area contributed by atoms with E-state index in [1.165, 1.54) is 46.5 Å². The maximum absolute atomic E-state index is 12.2. The van der Waals surface area contributed by atoms with E-state index in [-0.39, 0.29) is 29.4 Å². The minimum atomic E-state index is 0. The summed E-state index contributed by atoms with van der Waals surface area (Å²) >= 11 is 0. The molecule has 1 spiro atoms. The third-order valence-corrected chi connectivity index (χ3v) is 7.53. The number of piperidine rings is 1. The number of carbonyl (C=O) groups is 1. The van der Waals surface area contributed by atoms with Crippen LogP contribution in [-0.4, -0.2) is 36.4 Å². The second kappa shape index (κ2) is 6.20. The number of carbonyl (C=O) groups excluding carboxylic acids is 1. The topological polar surface area (TPSA) is 29.1 Å². The number of halogens is 1. The van der Waals surface area contributed by atoms with Crippen LogP contribution in [-0.2, 0) is 10.2 Å². The Morgan fingerprint density at radius 1 is 1.35 bits per heavy atom. The zero-order valence-corrected chi connectivity index (χ0v) is 17.8. The molecule has 0 radical (unpaired) electrons. The van der Waals surface area contributed by atoms with Gasteiger partial charge in [0.2, 0.25) is 0 Å². The highest BCUT2D eigenvalue weighted by Gasteiger charge is 2.68. The number of hydrogen-bond donors (Lipinski definition) is 1. The molecular formula is C22H27IN2O. The predicted octanol–water partition coefficient (Wildman–Crippen LogP) is 0.786. The second-order valence-electron chi connectivity index (χ2n) is 8.33. The van der Waals surface area contributed by atoms with Crippen molar-refractivity contribution in [3.8, 4) is 0 Å². The van der Waals surface area contributed by atoms with Crippen molar-refractivity contribution in [3.05, 3.63) is 52.7 Å². The zero-order chi connectivity index (χ0) is 17.2. The lowest BCUT2D eigenvalue weighted by molar-refractivity contribution is -0.941. The van der Waals surface area contributed by atoms with Crippen LogP contribution in [0.3, 0.4) is 0 Å². The smallest absolute Gasteiger partial charge is 0.148 e. The maximum Gasteiger partial charge on any atom is 0.148 e. The first-order valence-corrected chi connectivity index (χ1v) is 9.77. The molecule has 0 saturated carbocycles. The molecule has 1 N–H and O–H groups in total. The number of anilines is 1. The molecule has 1 unspecified atom stereocenters. The number of nitrogens with one attached hydrogen (secondary N) is 1. The standard InChI is InChI=1S/C22H26N2O.HI/c1-3-10-24-11-9-22-18-7-5-6-8-19(18)23-21(22)17(14-25)16(12-20(22)24)15(4-2)13-24;/h4-8,14,16,20H,3,9-13H2,1-2H3;1H/t16-,20-,22+,24?;/m0./s1. The van der Waals surface area contributed by atoms with Crippen molar-refractivity contribution >= 4 is 12.0 Å². The van der Waals surface area contributed by atoms with E-state index in [1.54, 1.807) is 0 Å². The Morgan fingerprint density at radius 2 is 2.15 bits per heavy atom. The molecule has 0 aromatic heterocycles. The number of rotatable bonds is 3. The summed E-state index contributed by atoms with van der Waals surface area (Å²) in [4.78, 5) is 12.2.